The molecule has 1 aromatic heterocycles. The van der Waals surface area contributed by atoms with Crippen LogP contribution in [0.15, 0.2) is 36.4 Å². The van der Waals surface area contributed by atoms with Crippen LogP contribution < -0.4 is 5.73 Å². The third kappa shape index (κ3) is 2.55. The number of hydrogen-bond donors (Lipinski definition) is 1. The SMILES string of the molecule is Cc1cc(C(=O)N2C[C@H](C3CC3)[C@@H](N)C2)c(C)n1-c1ccccc1. The highest BCUT2D eigenvalue weighted by molar-refractivity contribution is 5.96. The van der Waals surface area contributed by atoms with Crippen molar-refractivity contribution in [1.29, 1.82) is 0 Å². The molecule has 4 rings (SSSR count). The number of amides is 1. The predicted molar refractivity (Wildman–Crippen MR) is 95.3 cm³/mol. The van der Waals surface area contributed by atoms with Gasteiger partial charge < -0.3 is 15.2 Å². The van der Waals surface area contributed by atoms with E-state index in [1.165, 1.54) is 12.8 Å². The number of para-hydroxylation sites is 1. The van der Waals surface area contributed by atoms with Gasteiger partial charge in [-0.15, -0.1) is 0 Å². The lowest BCUT2D eigenvalue weighted by atomic mass is 9.99. The number of carbonyl (C=O) groups is 1. The normalized spacial score (nSPS) is 23.7. The third-order valence-corrected chi connectivity index (χ3v) is 5.60. The average molecular weight is 323 g/mol. The zero-order valence-electron chi connectivity index (χ0n) is 14.4. The molecule has 2 atom stereocenters. The van der Waals surface area contributed by atoms with Crippen LogP contribution in [-0.2, 0) is 0 Å². The van der Waals surface area contributed by atoms with Crippen LogP contribution in [0.25, 0.3) is 5.69 Å². The van der Waals surface area contributed by atoms with Gasteiger partial charge in [0.15, 0.2) is 0 Å². The first kappa shape index (κ1) is 15.5. The van der Waals surface area contributed by atoms with E-state index in [0.29, 0.717) is 12.5 Å². The molecule has 0 bridgehead atoms. The van der Waals surface area contributed by atoms with Crippen molar-refractivity contribution in [1.82, 2.24) is 9.47 Å². The van der Waals surface area contributed by atoms with Crippen molar-refractivity contribution in [3.8, 4) is 5.69 Å². The van der Waals surface area contributed by atoms with Gasteiger partial charge in [-0.05, 0) is 56.7 Å². The number of nitrogens with two attached hydrogens (primary N) is 1. The highest BCUT2D eigenvalue weighted by atomic mass is 16.2. The van der Waals surface area contributed by atoms with E-state index in [0.717, 1.165) is 35.1 Å². The van der Waals surface area contributed by atoms with Gasteiger partial charge in [-0.3, -0.25) is 4.79 Å². The van der Waals surface area contributed by atoms with Gasteiger partial charge in [0.2, 0.25) is 0 Å². The Morgan fingerprint density at radius 2 is 1.83 bits per heavy atom. The molecule has 1 amide bonds. The van der Waals surface area contributed by atoms with Gasteiger partial charge in [0, 0.05) is 36.2 Å². The van der Waals surface area contributed by atoms with Crippen LogP contribution >= 0.6 is 0 Å². The van der Waals surface area contributed by atoms with E-state index in [2.05, 4.69) is 23.6 Å². The fourth-order valence-corrected chi connectivity index (χ4v) is 4.17. The second kappa shape index (κ2) is 5.78. The van der Waals surface area contributed by atoms with Crippen LogP contribution in [0, 0.1) is 25.7 Å². The van der Waals surface area contributed by atoms with Gasteiger partial charge in [0.1, 0.15) is 0 Å². The minimum atomic E-state index is 0.129. The molecule has 0 unspecified atom stereocenters. The van der Waals surface area contributed by atoms with Crippen molar-refractivity contribution in [2.75, 3.05) is 13.1 Å². The molecule has 1 aromatic carbocycles. The van der Waals surface area contributed by atoms with Gasteiger partial charge in [-0.25, -0.2) is 0 Å². The van der Waals surface area contributed by atoms with E-state index < -0.39 is 0 Å². The highest BCUT2D eigenvalue weighted by Gasteiger charge is 2.42. The second-order valence-electron chi connectivity index (χ2n) is 7.33. The van der Waals surface area contributed by atoms with Crippen molar-refractivity contribution in [3.63, 3.8) is 0 Å². The summed E-state index contributed by atoms with van der Waals surface area (Å²) in [6, 6.07) is 12.4. The molecule has 24 heavy (non-hydrogen) atoms. The van der Waals surface area contributed by atoms with E-state index in [1.807, 2.05) is 36.1 Å². The van der Waals surface area contributed by atoms with E-state index in [-0.39, 0.29) is 11.9 Å². The zero-order valence-corrected chi connectivity index (χ0v) is 14.4. The second-order valence-corrected chi connectivity index (χ2v) is 7.33. The summed E-state index contributed by atoms with van der Waals surface area (Å²) in [5.41, 5.74) is 10.3. The summed E-state index contributed by atoms with van der Waals surface area (Å²) in [4.78, 5) is 15.0. The molecular weight excluding hydrogens is 298 g/mol. The first-order valence-corrected chi connectivity index (χ1v) is 8.85. The number of benzene rings is 1. The molecule has 126 valence electrons. The highest BCUT2D eigenvalue weighted by Crippen LogP contribution is 2.41. The van der Waals surface area contributed by atoms with Gasteiger partial charge >= 0.3 is 0 Å². The average Bonchev–Trinajstić information content (AvgIpc) is 3.28. The largest absolute Gasteiger partial charge is 0.337 e. The molecule has 1 aliphatic carbocycles. The van der Waals surface area contributed by atoms with Crippen molar-refractivity contribution in [2.45, 2.75) is 32.7 Å². The Morgan fingerprint density at radius 3 is 2.50 bits per heavy atom. The number of nitrogens with zero attached hydrogens (tertiary/aromatic N) is 2. The van der Waals surface area contributed by atoms with Crippen LogP contribution in [0.1, 0.15) is 34.6 Å². The molecule has 1 aliphatic heterocycles. The Kier molecular flexibility index (Phi) is 3.72. The molecule has 1 saturated heterocycles. The lowest BCUT2D eigenvalue weighted by molar-refractivity contribution is 0.0784. The molecule has 2 fully saturated rings. The number of likely N-dealkylation sites (tertiary alicyclic amines) is 1. The Hall–Kier alpha value is -2.07. The maximum absolute atomic E-state index is 13.1. The van der Waals surface area contributed by atoms with Crippen LogP contribution in [-0.4, -0.2) is 34.5 Å². The quantitative estimate of drug-likeness (QED) is 0.944. The predicted octanol–water partition coefficient (Wildman–Crippen LogP) is 2.90. The molecule has 2 heterocycles. The summed E-state index contributed by atoms with van der Waals surface area (Å²) >= 11 is 0. The van der Waals surface area contributed by atoms with Crippen LogP contribution in [0.5, 0.6) is 0 Å². The summed E-state index contributed by atoms with van der Waals surface area (Å²) in [7, 11) is 0. The van der Waals surface area contributed by atoms with E-state index >= 15 is 0 Å². The Bertz CT molecular complexity index is 761. The van der Waals surface area contributed by atoms with Crippen molar-refractivity contribution < 1.29 is 4.79 Å². The zero-order chi connectivity index (χ0) is 16.8. The Balaban J connectivity index is 1.62. The maximum atomic E-state index is 13.1. The van der Waals surface area contributed by atoms with Crippen LogP contribution in [0.2, 0.25) is 0 Å². The van der Waals surface area contributed by atoms with Crippen molar-refractivity contribution >= 4 is 5.91 Å². The summed E-state index contributed by atoms with van der Waals surface area (Å²) in [5, 5.41) is 0. The summed E-state index contributed by atoms with van der Waals surface area (Å²) in [5.74, 6) is 1.37. The Labute approximate surface area is 143 Å². The minimum Gasteiger partial charge on any atom is -0.337 e. The van der Waals surface area contributed by atoms with Gasteiger partial charge in [-0.1, -0.05) is 18.2 Å². The monoisotopic (exact) mass is 323 g/mol. The first-order valence-electron chi connectivity index (χ1n) is 8.85. The topological polar surface area (TPSA) is 51.3 Å². The van der Waals surface area contributed by atoms with Crippen molar-refractivity contribution in [3.05, 3.63) is 53.3 Å². The standard InChI is InChI=1S/C20H25N3O/c1-13-10-17(14(2)23(13)16-6-4-3-5-7-16)20(24)22-11-18(15-8-9-15)19(21)12-22/h3-7,10,15,18-19H,8-9,11-12,21H2,1-2H3/t18-,19+/m1/s1. The van der Waals surface area contributed by atoms with Gasteiger partial charge in [-0.2, -0.15) is 0 Å². The summed E-state index contributed by atoms with van der Waals surface area (Å²) in [6.07, 6.45) is 2.56. The van der Waals surface area contributed by atoms with E-state index in [4.69, 9.17) is 5.73 Å². The molecule has 0 radical (unpaired) electrons. The molecular formula is C20H25N3O. The van der Waals surface area contributed by atoms with Crippen LogP contribution in [0.3, 0.4) is 0 Å². The Morgan fingerprint density at radius 1 is 1.12 bits per heavy atom. The van der Waals surface area contributed by atoms with Gasteiger partial charge in [0.05, 0.1) is 5.56 Å². The fraction of sp³-hybridized carbons (Fsp3) is 0.450. The number of rotatable bonds is 3. The summed E-state index contributed by atoms with van der Waals surface area (Å²) < 4.78 is 2.15. The number of carbonyl (C=O) groups excluding carboxylic acids is 1. The molecule has 0 spiro atoms. The molecule has 2 aliphatic rings. The number of aryl methyl sites for hydroxylation is 1. The minimum absolute atomic E-state index is 0.129. The van der Waals surface area contributed by atoms with E-state index in [9.17, 15) is 4.79 Å². The molecule has 4 nitrogen and oxygen atoms in total. The smallest absolute Gasteiger partial charge is 0.255 e. The number of hydrogen-bond acceptors (Lipinski definition) is 2. The maximum Gasteiger partial charge on any atom is 0.255 e. The first-order chi connectivity index (χ1) is 11.6. The van der Waals surface area contributed by atoms with Crippen molar-refractivity contribution in [2.24, 2.45) is 17.6 Å². The van der Waals surface area contributed by atoms with E-state index in [1.54, 1.807) is 0 Å². The van der Waals surface area contributed by atoms with Crippen LogP contribution in [0.4, 0.5) is 0 Å². The lowest BCUT2D eigenvalue weighted by Gasteiger charge is -2.16. The third-order valence-electron chi connectivity index (χ3n) is 5.60. The lowest BCUT2D eigenvalue weighted by Crippen LogP contribution is -2.32. The fourth-order valence-electron chi connectivity index (χ4n) is 4.17. The number of aromatic nitrogens is 1. The molecule has 1 saturated carbocycles. The summed E-state index contributed by atoms with van der Waals surface area (Å²) in [6.45, 7) is 5.59. The van der Waals surface area contributed by atoms with Gasteiger partial charge in [0.25, 0.3) is 5.91 Å². The molecule has 2 N–H and O–H groups in total. The molecule has 4 heteroatoms. The molecule has 2 aromatic rings.